The van der Waals surface area contributed by atoms with E-state index in [1.807, 2.05) is 26.0 Å². The van der Waals surface area contributed by atoms with Crippen LogP contribution in [0.2, 0.25) is 0 Å². The lowest BCUT2D eigenvalue weighted by molar-refractivity contribution is 0.302. The molecule has 0 aliphatic rings. The fourth-order valence-corrected chi connectivity index (χ4v) is 2.34. The molecule has 0 heterocycles. The molecule has 2 aromatic carbocycles. The van der Waals surface area contributed by atoms with Crippen LogP contribution in [0.4, 0.5) is 0 Å². The molecule has 0 aliphatic carbocycles. The van der Waals surface area contributed by atoms with E-state index in [4.69, 9.17) is 10.00 Å². The summed E-state index contributed by atoms with van der Waals surface area (Å²) in [6.45, 7) is 4.48. The van der Waals surface area contributed by atoms with Crippen molar-refractivity contribution in [1.29, 1.82) is 5.26 Å². The Morgan fingerprint density at radius 1 is 1.11 bits per heavy atom. The number of rotatable bonds is 3. The Hall–Kier alpha value is -1.54. The third-order valence-electron chi connectivity index (χ3n) is 2.89. The molecular weight excluding hydrogens is 349 g/mol. The van der Waals surface area contributed by atoms with Crippen molar-refractivity contribution in [3.63, 3.8) is 0 Å². The van der Waals surface area contributed by atoms with Crippen LogP contribution in [0.1, 0.15) is 22.3 Å². The van der Waals surface area contributed by atoms with Gasteiger partial charge in [-0.3, -0.25) is 0 Å². The molecule has 0 aliphatic heterocycles. The monoisotopic (exact) mass is 363 g/mol. The van der Waals surface area contributed by atoms with Crippen LogP contribution in [0.5, 0.6) is 5.75 Å². The second kappa shape index (κ2) is 6.07. The van der Waals surface area contributed by atoms with Gasteiger partial charge in [0.05, 0.1) is 11.6 Å². The molecule has 19 heavy (non-hydrogen) atoms. The van der Waals surface area contributed by atoms with E-state index in [0.717, 1.165) is 22.4 Å². The number of hydrogen-bond acceptors (Lipinski definition) is 2. The third-order valence-corrected chi connectivity index (χ3v) is 3.61. The predicted molar refractivity (Wildman–Crippen MR) is 84.1 cm³/mol. The molecule has 0 saturated heterocycles. The van der Waals surface area contributed by atoms with Crippen LogP contribution in [-0.4, -0.2) is 0 Å². The predicted octanol–water partition coefficient (Wildman–Crippen LogP) is 4.36. The fourth-order valence-electron chi connectivity index (χ4n) is 1.98. The Kier molecular flexibility index (Phi) is 4.43. The first-order valence-corrected chi connectivity index (χ1v) is 7.06. The maximum Gasteiger partial charge on any atom is 0.125 e. The lowest BCUT2D eigenvalue weighted by Gasteiger charge is -2.12. The molecule has 0 amide bonds. The number of aryl methyl sites for hydroxylation is 2. The van der Waals surface area contributed by atoms with Crippen molar-refractivity contribution in [2.75, 3.05) is 0 Å². The first kappa shape index (κ1) is 13.9. The van der Waals surface area contributed by atoms with Crippen LogP contribution in [0.3, 0.4) is 0 Å². The summed E-state index contributed by atoms with van der Waals surface area (Å²) in [5, 5.41) is 8.92. The van der Waals surface area contributed by atoms with E-state index in [-0.39, 0.29) is 0 Å². The van der Waals surface area contributed by atoms with Crippen molar-refractivity contribution in [3.05, 3.63) is 62.2 Å². The molecule has 3 heteroatoms. The zero-order valence-electron chi connectivity index (χ0n) is 10.9. The summed E-state index contributed by atoms with van der Waals surface area (Å²) in [6.07, 6.45) is 0. The number of benzene rings is 2. The van der Waals surface area contributed by atoms with E-state index < -0.39 is 0 Å². The minimum Gasteiger partial charge on any atom is -0.488 e. The lowest BCUT2D eigenvalue weighted by Crippen LogP contribution is -1.99. The average Bonchev–Trinajstić information content (AvgIpc) is 2.39. The van der Waals surface area contributed by atoms with Crippen molar-refractivity contribution >= 4 is 22.6 Å². The van der Waals surface area contributed by atoms with Crippen LogP contribution in [0.25, 0.3) is 0 Å². The van der Waals surface area contributed by atoms with Crippen LogP contribution >= 0.6 is 22.6 Å². The van der Waals surface area contributed by atoms with Gasteiger partial charge < -0.3 is 4.74 Å². The normalized spacial score (nSPS) is 10.0. The highest BCUT2D eigenvalue weighted by atomic mass is 127. The van der Waals surface area contributed by atoms with Gasteiger partial charge in [-0.25, -0.2) is 0 Å². The molecule has 0 radical (unpaired) electrons. The second-order valence-electron chi connectivity index (χ2n) is 4.47. The molecule has 0 fully saturated rings. The van der Waals surface area contributed by atoms with Gasteiger partial charge in [0, 0.05) is 3.57 Å². The smallest absolute Gasteiger partial charge is 0.125 e. The first-order chi connectivity index (χ1) is 9.10. The van der Waals surface area contributed by atoms with E-state index in [1.165, 1.54) is 3.57 Å². The highest BCUT2D eigenvalue weighted by molar-refractivity contribution is 14.1. The molecule has 2 nitrogen and oxygen atoms in total. The van der Waals surface area contributed by atoms with E-state index >= 15 is 0 Å². The summed E-state index contributed by atoms with van der Waals surface area (Å²) in [7, 11) is 0. The minimum atomic E-state index is 0.546. The number of hydrogen-bond donors (Lipinski definition) is 0. The van der Waals surface area contributed by atoms with Gasteiger partial charge in [-0.15, -0.1) is 0 Å². The van der Waals surface area contributed by atoms with Crippen molar-refractivity contribution in [2.24, 2.45) is 0 Å². The van der Waals surface area contributed by atoms with Crippen LogP contribution < -0.4 is 4.74 Å². The molecule has 0 atom stereocenters. The van der Waals surface area contributed by atoms with Gasteiger partial charge in [-0.1, -0.05) is 12.1 Å². The fraction of sp³-hybridized carbons (Fsp3) is 0.188. The molecule has 2 rings (SSSR count). The summed E-state index contributed by atoms with van der Waals surface area (Å²) in [4.78, 5) is 0. The van der Waals surface area contributed by atoms with E-state index in [0.29, 0.717) is 12.2 Å². The molecule has 96 valence electrons. The molecule has 2 aromatic rings. The van der Waals surface area contributed by atoms with Crippen molar-refractivity contribution in [3.8, 4) is 11.8 Å². The van der Waals surface area contributed by atoms with Gasteiger partial charge in [0.25, 0.3) is 0 Å². The highest BCUT2D eigenvalue weighted by Gasteiger charge is 2.06. The Bertz CT molecular complexity index is 603. The van der Waals surface area contributed by atoms with E-state index in [9.17, 15) is 0 Å². The van der Waals surface area contributed by atoms with Gasteiger partial charge in [0.15, 0.2) is 0 Å². The van der Waals surface area contributed by atoms with Gasteiger partial charge >= 0.3 is 0 Å². The molecule has 0 bridgehead atoms. The number of nitrogens with zero attached hydrogens (tertiary/aromatic N) is 1. The minimum absolute atomic E-state index is 0.546. The third kappa shape index (κ3) is 3.48. The first-order valence-electron chi connectivity index (χ1n) is 5.99. The van der Waals surface area contributed by atoms with Gasteiger partial charge in [0.2, 0.25) is 0 Å². The summed E-state index contributed by atoms with van der Waals surface area (Å²) >= 11 is 2.28. The van der Waals surface area contributed by atoms with Crippen molar-refractivity contribution < 1.29 is 4.74 Å². The molecule has 0 unspecified atom stereocenters. The quantitative estimate of drug-likeness (QED) is 0.760. The largest absolute Gasteiger partial charge is 0.488 e. The highest BCUT2D eigenvalue weighted by Crippen LogP contribution is 2.25. The topological polar surface area (TPSA) is 33.0 Å². The molecule has 0 N–H and O–H groups in total. The van der Waals surface area contributed by atoms with E-state index in [2.05, 4.69) is 52.9 Å². The van der Waals surface area contributed by atoms with E-state index in [1.54, 1.807) is 0 Å². The summed E-state index contributed by atoms with van der Waals surface area (Å²) < 4.78 is 7.10. The summed E-state index contributed by atoms with van der Waals surface area (Å²) in [6, 6.07) is 14.1. The van der Waals surface area contributed by atoms with Crippen LogP contribution in [0, 0.1) is 28.7 Å². The molecular formula is C16H14INO. The lowest BCUT2D eigenvalue weighted by atomic mass is 10.1. The SMILES string of the molecule is Cc1cc(C#N)cc(C)c1OCc1ccc(I)cc1. The van der Waals surface area contributed by atoms with Crippen LogP contribution in [0.15, 0.2) is 36.4 Å². The summed E-state index contributed by atoms with van der Waals surface area (Å²) in [5.41, 5.74) is 3.82. The molecule has 0 spiro atoms. The van der Waals surface area contributed by atoms with Gasteiger partial charge in [-0.05, 0) is 77.4 Å². The zero-order valence-corrected chi connectivity index (χ0v) is 13.1. The Morgan fingerprint density at radius 2 is 1.68 bits per heavy atom. The second-order valence-corrected chi connectivity index (χ2v) is 5.71. The molecule has 0 saturated carbocycles. The standard InChI is InChI=1S/C16H14INO/c1-11-7-14(9-18)8-12(2)16(11)19-10-13-3-5-15(17)6-4-13/h3-8H,10H2,1-2H3. The number of nitriles is 1. The zero-order chi connectivity index (χ0) is 13.8. The Labute approximate surface area is 127 Å². The number of ether oxygens (including phenoxy) is 1. The Morgan fingerprint density at radius 3 is 2.21 bits per heavy atom. The molecule has 0 aromatic heterocycles. The van der Waals surface area contributed by atoms with Crippen molar-refractivity contribution in [1.82, 2.24) is 0 Å². The maximum atomic E-state index is 8.92. The average molecular weight is 363 g/mol. The van der Waals surface area contributed by atoms with Gasteiger partial charge in [0.1, 0.15) is 12.4 Å². The van der Waals surface area contributed by atoms with Gasteiger partial charge in [-0.2, -0.15) is 5.26 Å². The summed E-state index contributed by atoms with van der Waals surface area (Å²) in [5.74, 6) is 0.873. The Balaban J connectivity index is 2.16. The maximum absolute atomic E-state index is 8.92. The number of halogens is 1. The van der Waals surface area contributed by atoms with Crippen molar-refractivity contribution in [2.45, 2.75) is 20.5 Å². The van der Waals surface area contributed by atoms with Crippen LogP contribution in [-0.2, 0) is 6.61 Å².